The van der Waals surface area contributed by atoms with Gasteiger partial charge in [-0.2, -0.15) is 0 Å². The number of H-pyrrole nitrogens is 1. The van der Waals surface area contributed by atoms with Crippen LogP contribution in [0.15, 0.2) is 66.4 Å². The Balaban J connectivity index is 0.000000448. The Bertz CT molecular complexity index is 1360. The molecule has 2 heterocycles. The second-order valence-electron chi connectivity index (χ2n) is 14.6. The van der Waals surface area contributed by atoms with Gasteiger partial charge in [0.1, 0.15) is 0 Å². The SMILES string of the molecule is C=C(NSC1CC1)C(CCCCCCCC)NC(=C)C1CCCN1C.C=CCNC=O.CC.CCC[C@H](C)CCCc1cc2c(=O)[nH]ccc2cc1C. The number of unbranched alkanes of at least 4 members (excludes halogenated alkanes) is 5. The molecule has 7 nitrogen and oxygen atoms in total. The maximum atomic E-state index is 11.9. The van der Waals surface area contributed by atoms with Crippen LogP contribution < -0.4 is 20.9 Å². The van der Waals surface area contributed by atoms with Crippen molar-refractivity contribution in [1.29, 1.82) is 0 Å². The average molecular weight is 752 g/mol. The van der Waals surface area contributed by atoms with Crippen LogP contribution in [0.5, 0.6) is 0 Å². The number of aryl methyl sites for hydroxylation is 2. The molecule has 1 saturated carbocycles. The first kappa shape index (κ1) is 48.0. The zero-order valence-corrected chi connectivity index (χ0v) is 35.6. The van der Waals surface area contributed by atoms with Crippen molar-refractivity contribution in [2.24, 2.45) is 5.92 Å². The lowest BCUT2D eigenvalue weighted by atomic mass is 9.94. The van der Waals surface area contributed by atoms with Gasteiger partial charge in [0.15, 0.2) is 0 Å². The summed E-state index contributed by atoms with van der Waals surface area (Å²) >= 11 is 1.86. The number of rotatable bonds is 23. The molecular weight excluding hydrogens is 675 g/mol. The summed E-state index contributed by atoms with van der Waals surface area (Å²) in [6.45, 7) is 26.8. The van der Waals surface area contributed by atoms with Gasteiger partial charge in [-0.1, -0.05) is 118 Å². The highest BCUT2D eigenvalue weighted by Crippen LogP contribution is 2.33. The number of likely N-dealkylation sites (N-methyl/N-ethyl adjacent to an activating group) is 1. The summed E-state index contributed by atoms with van der Waals surface area (Å²) < 4.78 is 3.52. The van der Waals surface area contributed by atoms with E-state index < -0.39 is 0 Å². The number of benzene rings is 1. The third-order valence-electron chi connectivity index (χ3n) is 9.93. The molecule has 1 aliphatic carbocycles. The molecule has 0 radical (unpaired) electrons. The van der Waals surface area contributed by atoms with Gasteiger partial charge in [0.25, 0.3) is 5.56 Å². The Morgan fingerprint density at radius 3 is 2.34 bits per heavy atom. The quantitative estimate of drug-likeness (QED) is 0.0391. The molecular formula is C45H77N5O2S. The fourth-order valence-electron chi connectivity index (χ4n) is 6.62. The molecule has 8 heteroatoms. The van der Waals surface area contributed by atoms with E-state index in [2.05, 4.69) is 91.9 Å². The van der Waals surface area contributed by atoms with Crippen LogP contribution in [0.3, 0.4) is 0 Å². The number of aromatic nitrogens is 1. The highest BCUT2D eigenvalue weighted by atomic mass is 32.2. The topological polar surface area (TPSA) is 89.3 Å². The second kappa shape index (κ2) is 29.4. The van der Waals surface area contributed by atoms with Gasteiger partial charge < -0.3 is 20.3 Å². The molecule has 53 heavy (non-hydrogen) atoms. The van der Waals surface area contributed by atoms with Crippen LogP contribution in [0.2, 0.25) is 0 Å². The largest absolute Gasteiger partial charge is 0.379 e. The summed E-state index contributed by atoms with van der Waals surface area (Å²) in [5.41, 5.74) is 4.94. The third kappa shape index (κ3) is 20.3. The zero-order valence-electron chi connectivity index (χ0n) is 34.8. The normalized spacial score (nSPS) is 16.0. The van der Waals surface area contributed by atoms with E-state index in [0.717, 1.165) is 40.5 Å². The van der Waals surface area contributed by atoms with Crippen molar-refractivity contribution in [2.45, 2.75) is 162 Å². The number of aromatic amines is 1. The summed E-state index contributed by atoms with van der Waals surface area (Å²) in [4.78, 5) is 26.4. The van der Waals surface area contributed by atoms with Crippen LogP contribution in [0.1, 0.15) is 142 Å². The summed E-state index contributed by atoms with van der Waals surface area (Å²) in [6, 6.07) is 6.97. The van der Waals surface area contributed by atoms with E-state index in [1.807, 2.05) is 31.9 Å². The van der Waals surface area contributed by atoms with Crippen molar-refractivity contribution in [3.05, 3.63) is 83.1 Å². The summed E-state index contributed by atoms with van der Waals surface area (Å²) in [5.74, 6) is 0.809. The summed E-state index contributed by atoms with van der Waals surface area (Å²) in [5, 5.41) is 8.78. The van der Waals surface area contributed by atoms with E-state index >= 15 is 0 Å². The molecule has 4 rings (SSSR count). The Hall–Kier alpha value is -2.97. The fraction of sp³-hybridized carbons (Fsp3) is 0.644. The first-order valence-corrected chi connectivity index (χ1v) is 21.7. The van der Waals surface area contributed by atoms with E-state index in [9.17, 15) is 9.59 Å². The highest BCUT2D eigenvalue weighted by molar-refractivity contribution is 7.98. The Kier molecular flexibility index (Phi) is 26.7. The number of fused-ring (bicyclic) bond motifs is 1. The molecule has 2 fully saturated rings. The number of hydrogen-bond acceptors (Lipinski definition) is 6. The van der Waals surface area contributed by atoms with Crippen LogP contribution in [0.4, 0.5) is 0 Å². The van der Waals surface area contributed by atoms with E-state index in [1.165, 1.54) is 113 Å². The smallest absolute Gasteiger partial charge is 0.255 e. The molecule has 1 aliphatic heterocycles. The van der Waals surface area contributed by atoms with E-state index in [4.69, 9.17) is 0 Å². The number of hydrogen-bond donors (Lipinski definition) is 4. The van der Waals surface area contributed by atoms with Crippen molar-refractivity contribution in [3.63, 3.8) is 0 Å². The average Bonchev–Trinajstić information content (AvgIpc) is 3.89. The molecule has 1 aromatic heterocycles. The predicted octanol–water partition coefficient (Wildman–Crippen LogP) is 10.8. The lowest BCUT2D eigenvalue weighted by molar-refractivity contribution is -0.109. The monoisotopic (exact) mass is 752 g/mol. The van der Waals surface area contributed by atoms with E-state index in [0.29, 0.717) is 25.0 Å². The Labute approximate surface area is 328 Å². The number of nitrogens with zero attached hydrogens (tertiary/aromatic N) is 1. The van der Waals surface area contributed by atoms with E-state index in [1.54, 1.807) is 12.3 Å². The minimum atomic E-state index is 0.0168. The van der Waals surface area contributed by atoms with Gasteiger partial charge in [-0.25, -0.2) is 0 Å². The van der Waals surface area contributed by atoms with E-state index in [-0.39, 0.29) is 5.56 Å². The number of carbonyl (C=O) groups excluding carboxylic acids is 1. The first-order chi connectivity index (χ1) is 25.6. The van der Waals surface area contributed by atoms with Gasteiger partial charge >= 0.3 is 0 Å². The molecule has 2 unspecified atom stereocenters. The van der Waals surface area contributed by atoms with Gasteiger partial charge in [-0.05, 0) is 112 Å². The minimum absolute atomic E-state index is 0.0168. The standard InChI is InChI=1S/C21H39N3S.C18H25NO.C4H7NO.C2H6/c1-5-6-7-8-9-10-12-20(17(2)23-25-19-14-15-19)22-18(3)21-13-11-16-24(21)4;1-4-6-13(2)7-5-8-15-12-17-16(11-14(15)3)9-10-19-18(17)20;1-2-3-5-4-6;1-2/h19-23H,2-3,5-16H2,1,4H3;9-13H,4-8H2,1-3H3,(H,19,20);2,4H,1,3H2,(H,5,6);1-2H3/t;13-;;/m.0../s1. The molecule has 3 atom stereocenters. The lowest BCUT2D eigenvalue weighted by Crippen LogP contribution is -2.40. The number of likely N-dealkylation sites (tertiary alicyclic amines) is 1. The van der Waals surface area contributed by atoms with Crippen molar-refractivity contribution < 1.29 is 4.79 Å². The maximum Gasteiger partial charge on any atom is 0.255 e. The van der Waals surface area contributed by atoms with Gasteiger partial charge in [-0.15, -0.1) is 6.58 Å². The van der Waals surface area contributed by atoms with Gasteiger partial charge in [0.05, 0.1) is 6.04 Å². The fourth-order valence-corrected chi connectivity index (χ4v) is 7.45. The Morgan fingerprint density at radius 1 is 1.02 bits per heavy atom. The Morgan fingerprint density at radius 2 is 1.74 bits per heavy atom. The molecule has 1 saturated heterocycles. The third-order valence-corrected chi connectivity index (χ3v) is 11.1. The molecule has 4 N–H and O–H groups in total. The number of nitrogens with one attached hydrogen (secondary N) is 4. The van der Waals surface area contributed by atoms with Gasteiger partial charge in [-0.3, -0.25) is 14.5 Å². The van der Waals surface area contributed by atoms with Crippen LogP contribution in [-0.4, -0.2) is 53.8 Å². The number of pyridine rings is 1. The zero-order chi connectivity index (χ0) is 39.4. The highest BCUT2D eigenvalue weighted by Gasteiger charge is 2.27. The maximum absolute atomic E-state index is 11.9. The molecule has 0 bridgehead atoms. The predicted molar refractivity (Wildman–Crippen MR) is 235 cm³/mol. The van der Waals surface area contributed by atoms with Gasteiger partial charge in [0.2, 0.25) is 6.41 Å². The van der Waals surface area contributed by atoms with Crippen molar-refractivity contribution in [1.82, 2.24) is 25.2 Å². The van der Waals surface area contributed by atoms with Crippen LogP contribution in [0.25, 0.3) is 10.8 Å². The molecule has 1 amide bonds. The number of carbonyl (C=O) groups is 1. The number of amides is 1. The van der Waals surface area contributed by atoms with Gasteiger partial charge in [0, 0.05) is 40.8 Å². The lowest BCUT2D eigenvalue weighted by Gasteiger charge is -2.29. The molecule has 300 valence electrons. The first-order valence-electron chi connectivity index (χ1n) is 20.8. The van der Waals surface area contributed by atoms with Crippen molar-refractivity contribution >= 4 is 29.1 Å². The molecule has 2 aromatic rings. The summed E-state index contributed by atoms with van der Waals surface area (Å²) in [7, 11) is 2.21. The van der Waals surface area contributed by atoms with Crippen LogP contribution in [-0.2, 0) is 11.2 Å². The molecule has 1 aromatic carbocycles. The summed E-state index contributed by atoms with van der Waals surface area (Å²) in [6.07, 6.45) is 24.5. The van der Waals surface area contributed by atoms with Crippen LogP contribution in [0, 0.1) is 12.8 Å². The van der Waals surface area contributed by atoms with Crippen molar-refractivity contribution in [3.8, 4) is 0 Å². The molecule has 2 aliphatic rings. The van der Waals surface area contributed by atoms with Crippen molar-refractivity contribution in [2.75, 3.05) is 20.1 Å². The second-order valence-corrected chi connectivity index (χ2v) is 15.7. The van der Waals surface area contributed by atoms with Crippen LogP contribution >= 0.6 is 11.9 Å². The minimum Gasteiger partial charge on any atom is -0.379 e. The molecule has 0 spiro atoms.